The van der Waals surface area contributed by atoms with Crippen LogP contribution in [0.3, 0.4) is 0 Å². The summed E-state index contributed by atoms with van der Waals surface area (Å²) in [6, 6.07) is 9.37. The molecule has 0 aliphatic heterocycles. The van der Waals surface area contributed by atoms with E-state index in [1.165, 1.54) is 0 Å². The summed E-state index contributed by atoms with van der Waals surface area (Å²) >= 11 is 2.22. The summed E-state index contributed by atoms with van der Waals surface area (Å²) in [4.78, 5) is 30.4. The van der Waals surface area contributed by atoms with Gasteiger partial charge < -0.3 is 9.64 Å². The Balaban J connectivity index is 2.18. The van der Waals surface area contributed by atoms with Crippen molar-refractivity contribution in [3.63, 3.8) is 0 Å². The molecule has 0 radical (unpaired) electrons. The summed E-state index contributed by atoms with van der Waals surface area (Å²) in [6.45, 7) is 4.81. The Morgan fingerprint density at radius 2 is 2.08 bits per heavy atom. The van der Waals surface area contributed by atoms with Gasteiger partial charge in [0.25, 0.3) is 5.91 Å². The van der Waals surface area contributed by atoms with Gasteiger partial charge in [-0.25, -0.2) is 0 Å². The lowest BCUT2D eigenvalue weighted by Gasteiger charge is -2.23. The topological polar surface area (TPSA) is 59.5 Å². The van der Waals surface area contributed by atoms with Gasteiger partial charge in [-0.2, -0.15) is 0 Å². The second kappa shape index (κ2) is 9.50. The third-order valence-electron chi connectivity index (χ3n) is 3.69. The zero-order valence-corrected chi connectivity index (χ0v) is 16.5. The number of halogens is 1. The Kier molecular flexibility index (Phi) is 7.36. The van der Waals surface area contributed by atoms with Crippen molar-refractivity contribution >= 4 is 34.5 Å². The fourth-order valence-corrected chi connectivity index (χ4v) is 2.85. The largest absolute Gasteiger partial charge is 0.466 e. The molecule has 0 bridgehead atoms. The molecular formula is C19H21IN2O3. The highest BCUT2D eigenvalue weighted by molar-refractivity contribution is 14.1. The number of hydrogen-bond donors (Lipinski definition) is 0. The first-order valence-electron chi connectivity index (χ1n) is 8.11. The summed E-state index contributed by atoms with van der Waals surface area (Å²) in [6.07, 6.45) is 3.59. The van der Waals surface area contributed by atoms with E-state index in [2.05, 4.69) is 27.6 Å². The maximum Gasteiger partial charge on any atom is 0.307 e. The van der Waals surface area contributed by atoms with Crippen molar-refractivity contribution in [3.8, 4) is 0 Å². The number of benzene rings is 1. The number of amides is 1. The molecule has 0 saturated carbocycles. The van der Waals surface area contributed by atoms with Crippen LogP contribution in [0.1, 0.15) is 34.8 Å². The molecule has 0 unspecified atom stereocenters. The zero-order valence-electron chi connectivity index (χ0n) is 14.4. The predicted molar refractivity (Wildman–Crippen MR) is 104 cm³/mol. The molecular weight excluding hydrogens is 431 g/mol. The number of aryl methyl sites for hydroxylation is 1. The van der Waals surface area contributed by atoms with Gasteiger partial charge in [-0.05, 0) is 65.8 Å². The molecule has 1 heterocycles. The van der Waals surface area contributed by atoms with Crippen molar-refractivity contribution in [2.75, 3.05) is 13.2 Å². The van der Waals surface area contributed by atoms with Crippen LogP contribution >= 0.6 is 22.6 Å². The second-order valence-electron chi connectivity index (χ2n) is 5.61. The van der Waals surface area contributed by atoms with E-state index in [0.29, 0.717) is 25.3 Å². The third kappa shape index (κ3) is 5.81. The van der Waals surface area contributed by atoms with Crippen LogP contribution in [0.5, 0.6) is 0 Å². The number of aromatic nitrogens is 1. The van der Waals surface area contributed by atoms with Crippen LogP contribution in [0.4, 0.5) is 0 Å². The quantitative estimate of drug-likeness (QED) is 0.476. The van der Waals surface area contributed by atoms with Gasteiger partial charge in [0, 0.05) is 34.6 Å². The van der Waals surface area contributed by atoms with E-state index >= 15 is 0 Å². The molecule has 132 valence electrons. The minimum Gasteiger partial charge on any atom is -0.466 e. The first-order chi connectivity index (χ1) is 12.0. The summed E-state index contributed by atoms with van der Waals surface area (Å²) in [7, 11) is 0. The number of hydrogen-bond acceptors (Lipinski definition) is 4. The molecule has 0 N–H and O–H groups in total. The van der Waals surface area contributed by atoms with Gasteiger partial charge >= 0.3 is 5.97 Å². The highest BCUT2D eigenvalue weighted by atomic mass is 127. The number of nitrogens with zero attached hydrogens (tertiary/aromatic N) is 2. The SMILES string of the molecule is CCOC(=O)CCN(Cc1cccnc1)C(=O)c1ccc(C)c(I)c1. The Labute approximate surface area is 161 Å². The molecule has 0 aliphatic carbocycles. The highest BCUT2D eigenvalue weighted by Crippen LogP contribution is 2.16. The molecule has 1 amide bonds. The van der Waals surface area contributed by atoms with E-state index in [4.69, 9.17) is 4.74 Å². The third-order valence-corrected chi connectivity index (χ3v) is 4.86. The van der Waals surface area contributed by atoms with Crippen molar-refractivity contribution in [1.82, 2.24) is 9.88 Å². The summed E-state index contributed by atoms with van der Waals surface area (Å²) in [5.41, 5.74) is 2.66. The molecule has 2 aromatic rings. The van der Waals surface area contributed by atoms with Crippen LogP contribution < -0.4 is 0 Å². The molecule has 1 aromatic heterocycles. The molecule has 0 saturated heterocycles. The van der Waals surface area contributed by atoms with E-state index < -0.39 is 0 Å². The van der Waals surface area contributed by atoms with Crippen molar-refractivity contribution in [2.24, 2.45) is 0 Å². The fourth-order valence-electron chi connectivity index (χ4n) is 2.33. The monoisotopic (exact) mass is 452 g/mol. The molecule has 5 nitrogen and oxygen atoms in total. The minimum absolute atomic E-state index is 0.105. The van der Waals surface area contributed by atoms with Crippen LogP contribution in [0.2, 0.25) is 0 Å². The van der Waals surface area contributed by atoms with Gasteiger partial charge in [0.15, 0.2) is 0 Å². The Morgan fingerprint density at radius 3 is 2.72 bits per heavy atom. The first-order valence-corrected chi connectivity index (χ1v) is 9.19. The standard InChI is InChI=1S/C19H21IN2O3/c1-3-25-18(23)8-10-22(13-15-5-4-9-21-12-15)19(24)16-7-6-14(2)17(20)11-16/h4-7,9,11-12H,3,8,10,13H2,1-2H3. The fraction of sp³-hybridized carbons (Fsp3) is 0.316. The maximum atomic E-state index is 12.9. The molecule has 2 rings (SSSR count). The number of carbonyl (C=O) groups is 2. The number of rotatable bonds is 7. The summed E-state index contributed by atoms with van der Waals surface area (Å²) < 4.78 is 6.01. The van der Waals surface area contributed by atoms with Crippen molar-refractivity contribution in [1.29, 1.82) is 0 Å². The first kappa shape index (κ1) is 19.4. The van der Waals surface area contributed by atoms with E-state index in [9.17, 15) is 9.59 Å². The van der Waals surface area contributed by atoms with E-state index in [0.717, 1.165) is 14.7 Å². The number of ether oxygens (including phenoxy) is 1. The number of esters is 1. The normalized spacial score (nSPS) is 10.4. The van der Waals surface area contributed by atoms with Crippen molar-refractivity contribution in [2.45, 2.75) is 26.8 Å². The summed E-state index contributed by atoms with van der Waals surface area (Å²) in [5.74, 6) is -0.406. The highest BCUT2D eigenvalue weighted by Gasteiger charge is 2.18. The molecule has 6 heteroatoms. The molecule has 1 aromatic carbocycles. The van der Waals surface area contributed by atoms with Gasteiger partial charge in [-0.15, -0.1) is 0 Å². The van der Waals surface area contributed by atoms with Gasteiger partial charge in [0.2, 0.25) is 0 Å². The maximum absolute atomic E-state index is 12.9. The van der Waals surface area contributed by atoms with Crippen LogP contribution in [-0.4, -0.2) is 34.9 Å². The van der Waals surface area contributed by atoms with E-state index in [-0.39, 0.29) is 18.3 Å². The van der Waals surface area contributed by atoms with Gasteiger partial charge in [-0.1, -0.05) is 12.1 Å². The van der Waals surface area contributed by atoms with Crippen LogP contribution in [0, 0.1) is 10.5 Å². The van der Waals surface area contributed by atoms with Gasteiger partial charge in [-0.3, -0.25) is 14.6 Å². The van der Waals surface area contributed by atoms with Crippen LogP contribution in [0.25, 0.3) is 0 Å². The second-order valence-corrected chi connectivity index (χ2v) is 6.77. The lowest BCUT2D eigenvalue weighted by atomic mass is 10.1. The molecule has 0 fully saturated rings. The van der Waals surface area contributed by atoms with Crippen molar-refractivity contribution < 1.29 is 14.3 Å². The smallest absolute Gasteiger partial charge is 0.307 e. The Bertz CT molecular complexity index is 735. The number of carbonyl (C=O) groups excluding carboxylic acids is 2. The van der Waals surface area contributed by atoms with Crippen LogP contribution in [0.15, 0.2) is 42.7 Å². The van der Waals surface area contributed by atoms with Gasteiger partial charge in [0.05, 0.1) is 13.0 Å². The minimum atomic E-state index is -0.301. The van der Waals surface area contributed by atoms with E-state index in [1.54, 1.807) is 24.2 Å². The van der Waals surface area contributed by atoms with Crippen LogP contribution in [-0.2, 0) is 16.1 Å². The predicted octanol–water partition coefficient (Wildman–Crippen LogP) is 3.59. The zero-order chi connectivity index (χ0) is 18.2. The Morgan fingerprint density at radius 1 is 1.28 bits per heavy atom. The Hall–Kier alpha value is -1.96. The lowest BCUT2D eigenvalue weighted by Crippen LogP contribution is -2.33. The lowest BCUT2D eigenvalue weighted by molar-refractivity contribution is -0.143. The summed E-state index contributed by atoms with van der Waals surface area (Å²) in [5, 5.41) is 0. The van der Waals surface area contributed by atoms with Gasteiger partial charge in [0.1, 0.15) is 0 Å². The average molecular weight is 452 g/mol. The molecule has 25 heavy (non-hydrogen) atoms. The van der Waals surface area contributed by atoms with Crippen molar-refractivity contribution in [3.05, 3.63) is 63.0 Å². The molecule has 0 spiro atoms. The van der Waals surface area contributed by atoms with E-state index in [1.807, 2.05) is 37.3 Å². The average Bonchev–Trinajstić information content (AvgIpc) is 2.61. The number of pyridine rings is 1. The molecule has 0 aliphatic rings. The molecule has 0 atom stereocenters.